The molecule has 0 aliphatic rings. The quantitative estimate of drug-likeness (QED) is 0.334. The zero-order valence-corrected chi connectivity index (χ0v) is 7.44. The van der Waals surface area contributed by atoms with Crippen molar-refractivity contribution in [2.45, 2.75) is 37.6 Å². The zero-order valence-electron chi connectivity index (χ0n) is 7.44. The number of hydrogen-bond acceptors (Lipinski definition) is 5. The lowest BCUT2D eigenvalue weighted by Crippen LogP contribution is -2.57. The molecule has 0 bridgehead atoms. The van der Waals surface area contributed by atoms with E-state index in [9.17, 15) is 10.2 Å². The van der Waals surface area contributed by atoms with Gasteiger partial charge >= 0.3 is 0 Å². The molecule has 0 aromatic carbocycles. The summed E-state index contributed by atoms with van der Waals surface area (Å²) in [6, 6.07) is -0.858. The van der Waals surface area contributed by atoms with Crippen molar-refractivity contribution in [3.63, 3.8) is 0 Å². The minimum Gasteiger partial charge on any atom is -0.395 e. The van der Waals surface area contributed by atoms with E-state index in [4.69, 9.17) is 16.6 Å². The molecule has 0 aromatic rings. The van der Waals surface area contributed by atoms with Crippen molar-refractivity contribution in [3.8, 4) is 0 Å². The molecule has 0 heterocycles. The molecular weight excluding hydrogens is 160 g/mol. The Morgan fingerprint density at radius 2 is 1.75 bits per heavy atom. The fraction of sp³-hybridized carbons (Fsp3) is 1.00. The van der Waals surface area contributed by atoms with Crippen molar-refractivity contribution in [2.24, 2.45) is 11.5 Å². The van der Waals surface area contributed by atoms with Crippen LogP contribution in [0.2, 0.25) is 0 Å². The average Bonchev–Trinajstić information content (AvgIpc) is 1.98. The predicted octanol–water partition coefficient (Wildman–Crippen LogP) is -2.23. The van der Waals surface area contributed by atoms with Gasteiger partial charge < -0.3 is 26.8 Å². The fourth-order valence-corrected chi connectivity index (χ4v) is 0.782. The highest BCUT2D eigenvalue weighted by Crippen LogP contribution is 2.10. The maximum Gasteiger partial charge on any atom is 0.0989 e. The minimum absolute atomic E-state index is 0.381. The molecule has 0 radical (unpaired) electrons. The van der Waals surface area contributed by atoms with Crippen LogP contribution in [0.3, 0.4) is 0 Å². The molecule has 0 saturated carbocycles. The Hall–Kier alpha value is -0.200. The smallest absolute Gasteiger partial charge is 0.0989 e. The Balaban J connectivity index is 4.19. The van der Waals surface area contributed by atoms with Gasteiger partial charge in [-0.15, -0.1) is 0 Å². The number of rotatable bonds is 4. The Morgan fingerprint density at radius 1 is 1.33 bits per heavy atom. The van der Waals surface area contributed by atoms with Crippen molar-refractivity contribution < 1.29 is 15.3 Å². The zero-order chi connectivity index (χ0) is 9.94. The van der Waals surface area contributed by atoms with Crippen LogP contribution in [0.5, 0.6) is 0 Å². The fourth-order valence-electron chi connectivity index (χ4n) is 0.782. The number of nitrogens with two attached hydrogens (primary N) is 2. The van der Waals surface area contributed by atoms with E-state index in [2.05, 4.69) is 0 Å². The summed E-state index contributed by atoms with van der Waals surface area (Å²) in [6.07, 6.45) is -2.34. The molecular formula is C7H18N2O3. The van der Waals surface area contributed by atoms with Gasteiger partial charge in [-0.05, 0) is 13.8 Å². The van der Waals surface area contributed by atoms with Crippen molar-refractivity contribution >= 4 is 0 Å². The first-order valence-electron chi connectivity index (χ1n) is 3.82. The molecule has 7 N–H and O–H groups in total. The van der Waals surface area contributed by atoms with Gasteiger partial charge in [0.2, 0.25) is 0 Å². The molecule has 12 heavy (non-hydrogen) atoms. The molecule has 3 atom stereocenters. The highest BCUT2D eigenvalue weighted by molar-refractivity contribution is 4.91. The molecule has 0 aliphatic carbocycles. The Bertz CT molecular complexity index is 135. The molecule has 0 saturated heterocycles. The van der Waals surface area contributed by atoms with Crippen molar-refractivity contribution in [1.82, 2.24) is 0 Å². The van der Waals surface area contributed by atoms with Gasteiger partial charge in [0.1, 0.15) is 0 Å². The lowest BCUT2D eigenvalue weighted by molar-refractivity contribution is -0.0390. The first-order chi connectivity index (χ1) is 5.30. The maximum absolute atomic E-state index is 9.39. The molecule has 0 aromatic heterocycles. The summed E-state index contributed by atoms with van der Waals surface area (Å²) < 4.78 is 0. The topological polar surface area (TPSA) is 113 Å². The number of hydrogen-bond donors (Lipinski definition) is 5. The van der Waals surface area contributed by atoms with Crippen LogP contribution in [0.15, 0.2) is 0 Å². The minimum atomic E-state index is -1.20. The molecule has 5 nitrogen and oxygen atoms in total. The van der Waals surface area contributed by atoms with Crippen LogP contribution in [0.1, 0.15) is 13.8 Å². The van der Waals surface area contributed by atoms with Gasteiger partial charge in [-0.3, -0.25) is 0 Å². The van der Waals surface area contributed by atoms with E-state index in [0.717, 1.165) is 0 Å². The van der Waals surface area contributed by atoms with Gasteiger partial charge in [-0.1, -0.05) is 0 Å². The standard InChI is InChI=1S/C7H18N2O3/c1-7(2,9)6(12)5(11)4(8)3-10/h4-6,10-12H,3,8-9H2,1-2H3. The van der Waals surface area contributed by atoms with Crippen LogP contribution in [0.25, 0.3) is 0 Å². The van der Waals surface area contributed by atoms with Crippen LogP contribution in [0.4, 0.5) is 0 Å². The number of aliphatic hydroxyl groups excluding tert-OH is 3. The van der Waals surface area contributed by atoms with E-state index in [-0.39, 0.29) is 6.61 Å². The normalized spacial score (nSPS) is 20.2. The monoisotopic (exact) mass is 178 g/mol. The molecule has 5 heteroatoms. The third-order valence-electron chi connectivity index (χ3n) is 1.74. The summed E-state index contributed by atoms with van der Waals surface area (Å²) in [5.74, 6) is 0. The van der Waals surface area contributed by atoms with Crippen LogP contribution in [-0.4, -0.2) is 45.7 Å². The molecule has 3 unspecified atom stereocenters. The van der Waals surface area contributed by atoms with Gasteiger partial charge in [0.25, 0.3) is 0 Å². The summed E-state index contributed by atoms with van der Waals surface area (Å²) in [5, 5.41) is 27.3. The van der Waals surface area contributed by atoms with E-state index < -0.39 is 23.8 Å². The second-order valence-electron chi connectivity index (χ2n) is 3.60. The highest BCUT2D eigenvalue weighted by atomic mass is 16.3. The average molecular weight is 178 g/mol. The second-order valence-corrected chi connectivity index (χ2v) is 3.60. The Kier molecular flexibility index (Phi) is 4.09. The van der Waals surface area contributed by atoms with Crippen LogP contribution < -0.4 is 11.5 Å². The van der Waals surface area contributed by atoms with Gasteiger partial charge in [0.15, 0.2) is 0 Å². The SMILES string of the molecule is CC(C)(N)C(O)C(O)C(N)CO. The third kappa shape index (κ3) is 3.04. The summed E-state index contributed by atoms with van der Waals surface area (Å²) in [6.45, 7) is 2.77. The third-order valence-corrected chi connectivity index (χ3v) is 1.74. The van der Waals surface area contributed by atoms with E-state index in [1.54, 1.807) is 13.8 Å². The Labute approximate surface area is 72.0 Å². The lowest BCUT2D eigenvalue weighted by atomic mass is 9.91. The van der Waals surface area contributed by atoms with Crippen molar-refractivity contribution in [2.75, 3.05) is 6.61 Å². The number of aliphatic hydroxyl groups is 3. The van der Waals surface area contributed by atoms with Gasteiger partial charge in [-0.2, -0.15) is 0 Å². The predicted molar refractivity (Wildman–Crippen MR) is 45.3 cm³/mol. The summed E-state index contributed by atoms with van der Waals surface area (Å²) >= 11 is 0. The van der Waals surface area contributed by atoms with Crippen molar-refractivity contribution in [1.29, 1.82) is 0 Å². The van der Waals surface area contributed by atoms with Crippen molar-refractivity contribution in [3.05, 3.63) is 0 Å². The lowest BCUT2D eigenvalue weighted by Gasteiger charge is -2.32. The maximum atomic E-state index is 9.39. The van der Waals surface area contributed by atoms with Crippen LogP contribution >= 0.6 is 0 Å². The molecule has 0 aliphatic heterocycles. The molecule has 0 fully saturated rings. The highest BCUT2D eigenvalue weighted by Gasteiger charge is 2.32. The molecule has 0 spiro atoms. The van der Waals surface area contributed by atoms with Crippen LogP contribution in [-0.2, 0) is 0 Å². The van der Waals surface area contributed by atoms with Crippen LogP contribution in [0, 0.1) is 0 Å². The van der Waals surface area contributed by atoms with E-state index in [1.165, 1.54) is 0 Å². The Morgan fingerprint density at radius 3 is 2.00 bits per heavy atom. The molecule has 74 valence electrons. The van der Waals surface area contributed by atoms with E-state index in [1.807, 2.05) is 0 Å². The molecule has 0 rings (SSSR count). The summed E-state index contributed by atoms with van der Waals surface area (Å²) in [4.78, 5) is 0. The van der Waals surface area contributed by atoms with Gasteiger partial charge in [0, 0.05) is 5.54 Å². The first kappa shape index (κ1) is 11.8. The first-order valence-corrected chi connectivity index (χ1v) is 3.82. The largest absolute Gasteiger partial charge is 0.395 e. The van der Waals surface area contributed by atoms with Gasteiger partial charge in [0.05, 0.1) is 24.9 Å². The summed E-state index contributed by atoms with van der Waals surface area (Å²) in [7, 11) is 0. The summed E-state index contributed by atoms with van der Waals surface area (Å²) in [5.41, 5.74) is 9.90. The second kappa shape index (κ2) is 4.15. The van der Waals surface area contributed by atoms with E-state index in [0.29, 0.717) is 0 Å². The molecule has 0 amide bonds. The van der Waals surface area contributed by atoms with Gasteiger partial charge in [-0.25, -0.2) is 0 Å². The van der Waals surface area contributed by atoms with E-state index >= 15 is 0 Å².